The van der Waals surface area contributed by atoms with Gasteiger partial charge in [0.05, 0.1) is 6.04 Å². The molecular formula is C6H12N2O. The Hall–Kier alpha value is -0.570. The molecule has 0 spiro atoms. The summed E-state index contributed by atoms with van der Waals surface area (Å²) in [5.74, 6) is 0.109. The average Bonchev–Trinajstić information content (AvgIpc) is 2.15. The average molecular weight is 128 g/mol. The smallest absolute Gasteiger partial charge is 0.239 e. The van der Waals surface area contributed by atoms with Crippen LogP contribution in [0, 0.1) is 0 Å². The highest BCUT2D eigenvalue weighted by Crippen LogP contribution is 2.06. The fourth-order valence-corrected chi connectivity index (χ4v) is 1.08. The van der Waals surface area contributed by atoms with Crippen LogP contribution in [0.2, 0.25) is 0 Å². The Labute approximate surface area is 54.8 Å². The van der Waals surface area contributed by atoms with Crippen molar-refractivity contribution in [1.82, 2.24) is 4.90 Å². The van der Waals surface area contributed by atoms with E-state index in [9.17, 15) is 4.79 Å². The monoisotopic (exact) mass is 128 g/mol. The molecule has 0 aliphatic carbocycles. The van der Waals surface area contributed by atoms with Crippen molar-refractivity contribution < 1.29 is 4.79 Å². The molecule has 1 atom stereocenters. The summed E-state index contributed by atoms with van der Waals surface area (Å²) in [5, 5.41) is 0. The Bertz CT molecular complexity index is 124. The lowest BCUT2D eigenvalue weighted by atomic mass is 10.3. The zero-order valence-corrected chi connectivity index (χ0v) is 5.63. The molecule has 1 rings (SSSR count). The molecule has 1 aliphatic heterocycles. The van der Waals surface area contributed by atoms with Gasteiger partial charge in [-0.15, -0.1) is 0 Å². The van der Waals surface area contributed by atoms with Crippen LogP contribution < -0.4 is 5.73 Å². The minimum absolute atomic E-state index is 0.109. The molecule has 3 nitrogen and oxygen atoms in total. The third kappa shape index (κ3) is 1.05. The number of nitrogens with two attached hydrogens (primary N) is 1. The van der Waals surface area contributed by atoms with E-state index in [-0.39, 0.29) is 11.9 Å². The zero-order chi connectivity index (χ0) is 6.85. The Morgan fingerprint density at radius 3 is 2.78 bits per heavy atom. The number of nitrogens with zero attached hydrogens (tertiary/aromatic N) is 1. The molecule has 1 saturated heterocycles. The molecule has 3 heteroatoms. The lowest BCUT2D eigenvalue weighted by Crippen LogP contribution is -2.33. The van der Waals surface area contributed by atoms with Crippen LogP contribution in [0.5, 0.6) is 0 Å². The Kier molecular flexibility index (Phi) is 1.71. The highest BCUT2D eigenvalue weighted by molar-refractivity contribution is 5.83. The van der Waals surface area contributed by atoms with Crippen molar-refractivity contribution in [2.45, 2.75) is 19.4 Å². The van der Waals surface area contributed by atoms with E-state index in [0.717, 1.165) is 19.5 Å². The lowest BCUT2D eigenvalue weighted by Gasteiger charge is -2.11. The quantitative estimate of drug-likeness (QED) is 0.520. The van der Waals surface area contributed by atoms with E-state index in [4.69, 9.17) is 5.73 Å². The van der Waals surface area contributed by atoms with E-state index in [1.807, 2.05) is 6.92 Å². The SMILES string of the molecule is CCN1CCC(N)C1=O. The summed E-state index contributed by atoms with van der Waals surface area (Å²) < 4.78 is 0. The van der Waals surface area contributed by atoms with Gasteiger partial charge in [0.25, 0.3) is 0 Å². The van der Waals surface area contributed by atoms with Gasteiger partial charge < -0.3 is 10.6 Å². The molecule has 0 aromatic rings. The van der Waals surface area contributed by atoms with Gasteiger partial charge in [0, 0.05) is 13.1 Å². The van der Waals surface area contributed by atoms with Crippen LogP contribution in [0.1, 0.15) is 13.3 Å². The van der Waals surface area contributed by atoms with E-state index >= 15 is 0 Å². The summed E-state index contributed by atoms with van der Waals surface area (Å²) >= 11 is 0. The summed E-state index contributed by atoms with van der Waals surface area (Å²) in [6.45, 7) is 3.61. The van der Waals surface area contributed by atoms with E-state index in [2.05, 4.69) is 0 Å². The summed E-state index contributed by atoms with van der Waals surface area (Å²) in [5.41, 5.74) is 5.45. The first-order chi connectivity index (χ1) is 4.25. The number of hydrogen-bond donors (Lipinski definition) is 1. The first-order valence-corrected chi connectivity index (χ1v) is 3.30. The van der Waals surface area contributed by atoms with Crippen molar-refractivity contribution in [3.05, 3.63) is 0 Å². The van der Waals surface area contributed by atoms with Gasteiger partial charge in [-0.2, -0.15) is 0 Å². The molecule has 1 aliphatic rings. The molecule has 1 fully saturated rings. The van der Waals surface area contributed by atoms with Crippen molar-refractivity contribution in [1.29, 1.82) is 0 Å². The van der Waals surface area contributed by atoms with Crippen LogP contribution in [0.25, 0.3) is 0 Å². The Balaban J connectivity index is 2.51. The number of rotatable bonds is 1. The van der Waals surface area contributed by atoms with Gasteiger partial charge in [-0.25, -0.2) is 0 Å². The van der Waals surface area contributed by atoms with Crippen molar-refractivity contribution in [3.8, 4) is 0 Å². The normalized spacial score (nSPS) is 27.6. The van der Waals surface area contributed by atoms with E-state index in [1.165, 1.54) is 0 Å². The van der Waals surface area contributed by atoms with E-state index in [0.29, 0.717) is 0 Å². The van der Waals surface area contributed by atoms with Crippen molar-refractivity contribution >= 4 is 5.91 Å². The van der Waals surface area contributed by atoms with Crippen LogP contribution in [0.15, 0.2) is 0 Å². The molecule has 9 heavy (non-hydrogen) atoms. The van der Waals surface area contributed by atoms with Crippen LogP contribution >= 0.6 is 0 Å². The molecule has 0 aromatic carbocycles. The van der Waals surface area contributed by atoms with E-state index in [1.54, 1.807) is 4.90 Å². The first kappa shape index (κ1) is 6.55. The standard InChI is InChI=1S/C6H12N2O/c1-2-8-4-3-5(7)6(8)9/h5H,2-4,7H2,1H3. The Morgan fingerprint density at radius 1 is 1.89 bits per heavy atom. The second kappa shape index (κ2) is 2.35. The van der Waals surface area contributed by atoms with Gasteiger partial charge in [-0.05, 0) is 13.3 Å². The summed E-state index contributed by atoms with van der Waals surface area (Å²) in [6.07, 6.45) is 0.826. The van der Waals surface area contributed by atoms with Gasteiger partial charge in [-0.3, -0.25) is 4.79 Å². The first-order valence-electron chi connectivity index (χ1n) is 3.30. The van der Waals surface area contributed by atoms with Crippen molar-refractivity contribution in [2.24, 2.45) is 5.73 Å². The Morgan fingerprint density at radius 2 is 2.56 bits per heavy atom. The van der Waals surface area contributed by atoms with Gasteiger partial charge in [-0.1, -0.05) is 0 Å². The van der Waals surface area contributed by atoms with Gasteiger partial charge in [0.2, 0.25) is 5.91 Å². The number of carbonyl (C=O) groups is 1. The van der Waals surface area contributed by atoms with Gasteiger partial charge >= 0.3 is 0 Å². The van der Waals surface area contributed by atoms with E-state index < -0.39 is 0 Å². The molecule has 0 aromatic heterocycles. The predicted molar refractivity (Wildman–Crippen MR) is 34.8 cm³/mol. The number of likely N-dealkylation sites (N-methyl/N-ethyl adjacent to an activating group) is 1. The van der Waals surface area contributed by atoms with Crippen LogP contribution in [0.4, 0.5) is 0 Å². The second-order valence-electron chi connectivity index (χ2n) is 2.31. The maximum Gasteiger partial charge on any atom is 0.239 e. The number of likely N-dealkylation sites (tertiary alicyclic amines) is 1. The molecule has 1 unspecified atom stereocenters. The fraction of sp³-hybridized carbons (Fsp3) is 0.833. The molecule has 0 bridgehead atoms. The maximum absolute atomic E-state index is 10.9. The van der Waals surface area contributed by atoms with Crippen LogP contribution in [-0.2, 0) is 4.79 Å². The molecule has 52 valence electrons. The van der Waals surface area contributed by atoms with Crippen LogP contribution in [0.3, 0.4) is 0 Å². The molecule has 2 N–H and O–H groups in total. The molecule has 1 amide bonds. The third-order valence-electron chi connectivity index (χ3n) is 1.72. The summed E-state index contributed by atoms with van der Waals surface area (Å²) in [7, 11) is 0. The zero-order valence-electron chi connectivity index (χ0n) is 5.63. The maximum atomic E-state index is 10.9. The highest BCUT2D eigenvalue weighted by atomic mass is 16.2. The van der Waals surface area contributed by atoms with Crippen molar-refractivity contribution in [2.75, 3.05) is 13.1 Å². The van der Waals surface area contributed by atoms with Gasteiger partial charge in [0.15, 0.2) is 0 Å². The summed E-state index contributed by atoms with van der Waals surface area (Å²) in [4.78, 5) is 12.7. The third-order valence-corrected chi connectivity index (χ3v) is 1.72. The molecule has 0 saturated carbocycles. The minimum atomic E-state index is -0.218. The van der Waals surface area contributed by atoms with Crippen molar-refractivity contribution in [3.63, 3.8) is 0 Å². The molecular weight excluding hydrogens is 116 g/mol. The molecule has 1 heterocycles. The molecule has 0 radical (unpaired) electrons. The number of carbonyl (C=O) groups excluding carboxylic acids is 1. The number of hydrogen-bond acceptors (Lipinski definition) is 2. The lowest BCUT2D eigenvalue weighted by molar-refractivity contribution is -0.128. The van der Waals surface area contributed by atoms with Gasteiger partial charge in [0.1, 0.15) is 0 Å². The second-order valence-corrected chi connectivity index (χ2v) is 2.31. The predicted octanol–water partition coefficient (Wildman–Crippen LogP) is -0.434. The minimum Gasteiger partial charge on any atom is -0.342 e. The topological polar surface area (TPSA) is 46.3 Å². The summed E-state index contributed by atoms with van der Waals surface area (Å²) in [6, 6.07) is -0.218. The largest absolute Gasteiger partial charge is 0.342 e. The van der Waals surface area contributed by atoms with Crippen LogP contribution in [-0.4, -0.2) is 29.9 Å². The fourth-order valence-electron chi connectivity index (χ4n) is 1.08. The number of amides is 1. The highest BCUT2D eigenvalue weighted by Gasteiger charge is 2.26.